The second kappa shape index (κ2) is 6.19. The fraction of sp³-hybridized carbons (Fsp3) is 0.500. The Morgan fingerprint density at radius 1 is 1.27 bits per heavy atom. The number of nitrogens with one attached hydrogen (secondary N) is 1. The summed E-state index contributed by atoms with van der Waals surface area (Å²) >= 11 is 0. The maximum absolute atomic E-state index is 11.8. The van der Waals surface area contributed by atoms with Crippen molar-refractivity contribution in [1.82, 2.24) is 30.1 Å². The normalized spacial score (nSPS) is 16.7. The number of rotatable bonds is 3. The van der Waals surface area contributed by atoms with E-state index in [0.717, 1.165) is 54.7 Å². The van der Waals surface area contributed by atoms with E-state index in [1.54, 1.807) is 10.7 Å². The summed E-state index contributed by atoms with van der Waals surface area (Å²) in [5.74, 6) is 0.860. The molecular weight excluding hydrogens is 332 g/mol. The molecule has 0 spiro atoms. The highest BCUT2D eigenvalue weighted by Gasteiger charge is 2.39. The van der Waals surface area contributed by atoms with Crippen LogP contribution >= 0.6 is 0 Å². The molecular formula is C18H22N6O2. The minimum Gasteiger partial charge on any atom is -0.343 e. The van der Waals surface area contributed by atoms with E-state index in [-0.39, 0.29) is 5.91 Å². The highest BCUT2D eigenvalue weighted by Crippen LogP contribution is 2.36. The van der Waals surface area contributed by atoms with Gasteiger partial charge in [0.05, 0.1) is 17.0 Å². The first kappa shape index (κ1) is 16.7. The topological polar surface area (TPSA) is 98.2 Å². The third-order valence-corrected chi connectivity index (χ3v) is 5.05. The van der Waals surface area contributed by atoms with Gasteiger partial charge in [-0.05, 0) is 26.7 Å². The van der Waals surface area contributed by atoms with E-state index in [2.05, 4.69) is 25.5 Å². The summed E-state index contributed by atoms with van der Waals surface area (Å²) in [6, 6.07) is 1.92. The van der Waals surface area contributed by atoms with Crippen LogP contribution in [0.4, 0.5) is 0 Å². The molecule has 1 fully saturated rings. The zero-order valence-corrected chi connectivity index (χ0v) is 15.2. The molecule has 0 aromatic carbocycles. The second-order valence-corrected chi connectivity index (χ2v) is 7.06. The lowest BCUT2D eigenvalue weighted by Gasteiger charge is -2.34. The van der Waals surface area contributed by atoms with Crippen LogP contribution in [0.3, 0.4) is 0 Å². The zero-order valence-electron chi connectivity index (χ0n) is 15.2. The van der Waals surface area contributed by atoms with E-state index in [9.17, 15) is 4.79 Å². The smallest absolute Gasteiger partial charge is 0.261 e. The number of carbonyl (C=O) groups is 1. The Hall–Kier alpha value is -2.77. The summed E-state index contributed by atoms with van der Waals surface area (Å²) in [6.07, 6.45) is 6.59. The predicted molar refractivity (Wildman–Crippen MR) is 94.3 cm³/mol. The minimum absolute atomic E-state index is 0.0791. The van der Waals surface area contributed by atoms with Gasteiger partial charge in [0, 0.05) is 19.2 Å². The largest absolute Gasteiger partial charge is 0.343 e. The van der Waals surface area contributed by atoms with Crippen molar-refractivity contribution in [1.29, 1.82) is 0 Å². The number of hydrogen-bond donors (Lipinski definition) is 1. The molecule has 136 valence electrons. The van der Waals surface area contributed by atoms with Crippen molar-refractivity contribution in [2.45, 2.75) is 58.4 Å². The lowest BCUT2D eigenvalue weighted by atomic mass is 9.81. The molecule has 8 heteroatoms. The van der Waals surface area contributed by atoms with Gasteiger partial charge in [0.2, 0.25) is 5.91 Å². The number of hydrogen-bond acceptors (Lipinski definition) is 6. The fourth-order valence-corrected chi connectivity index (χ4v) is 3.80. The quantitative estimate of drug-likeness (QED) is 0.776. The average molecular weight is 354 g/mol. The van der Waals surface area contributed by atoms with Crippen LogP contribution in [-0.2, 0) is 10.3 Å². The fourth-order valence-electron chi connectivity index (χ4n) is 3.80. The maximum atomic E-state index is 11.8. The van der Waals surface area contributed by atoms with Crippen molar-refractivity contribution < 1.29 is 9.32 Å². The lowest BCUT2D eigenvalue weighted by Crippen LogP contribution is -2.47. The Morgan fingerprint density at radius 3 is 2.77 bits per heavy atom. The molecule has 3 heterocycles. The van der Waals surface area contributed by atoms with Crippen molar-refractivity contribution in [2.75, 3.05) is 0 Å². The Morgan fingerprint density at radius 2 is 2.04 bits per heavy atom. The van der Waals surface area contributed by atoms with Crippen LogP contribution in [0.1, 0.15) is 56.2 Å². The van der Waals surface area contributed by atoms with Crippen molar-refractivity contribution >= 4 is 11.6 Å². The molecule has 0 unspecified atom stereocenters. The molecule has 0 saturated heterocycles. The number of nitrogens with zero attached hydrogens (tertiary/aromatic N) is 5. The van der Waals surface area contributed by atoms with Crippen molar-refractivity contribution in [2.24, 2.45) is 0 Å². The van der Waals surface area contributed by atoms with Gasteiger partial charge < -0.3 is 9.84 Å². The van der Waals surface area contributed by atoms with Crippen LogP contribution in [0.5, 0.6) is 0 Å². The molecule has 1 N–H and O–H groups in total. The highest BCUT2D eigenvalue weighted by atomic mass is 16.5. The third kappa shape index (κ3) is 2.75. The van der Waals surface area contributed by atoms with Gasteiger partial charge in [-0.1, -0.05) is 24.4 Å². The van der Waals surface area contributed by atoms with Crippen LogP contribution in [0.25, 0.3) is 17.1 Å². The van der Waals surface area contributed by atoms with Gasteiger partial charge in [-0.3, -0.25) is 4.79 Å². The van der Waals surface area contributed by atoms with E-state index < -0.39 is 5.54 Å². The zero-order chi connectivity index (χ0) is 18.3. The number of aromatic nitrogens is 5. The summed E-state index contributed by atoms with van der Waals surface area (Å²) in [5.41, 5.74) is 2.77. The Balaban J connectivity index is 1.75. The molecule has 0 atom stereocenters. The summed E-state index contributed by atoms with van der Waals surface area (Å²) in [7, 11) is 0. The first-order valence-corrected chi connectivity index (χ1v) is 8.94. The Labute approximate surface area is 151 Å². The summed E-state index contributed by atoms with van der Waals surface area (Å²) < 4.78 is 7.33. The van der Waals surface area contributed by atoms with Gasteiger partial charge in [-0.15, -0.1) is 0 Å². The molecule has 0 aliphatic heterocycles. The second-order valence-electron chi connectivity index (χ2n) is 7.06. The molecule has 1 aliphatic carbocycles. The van der Waals surface area contributed by atoms with E-state index in [1.807, 2.05) is 19.9 Å². The molecule has 1 amide bonds. The molecule has 3 aromatic rings. The van der Waals surface area contributed by atoms with Crippen LogP contribution in [-0.4, -0.2) is 30.6 Å². The van der Waals surface area contributed by atoms with Gasteiger partial charge in [-0.25, -0.2) is 9.50 Å². The summed E-state index contributed by atoms with van der Waals surface area (Å²) in [4.78, 5) is 20.8. The van der Waals surface area contributed by atoms with Crippen molar-refractivity contribution in [3.05, 3.63) is 29.5 Å². The van der Waals surface area contributed by atoms with Crippen LogP contribution < -0.4 is 5.32 Å². The summed E-state index contributed by atoms with van der Waals surface area (Å²) in [6.45, 7) is 5.41. The molecule has 4 rings (SSSR count). The van der Waals surface area contributed by atoms with Gasteiger partial charge >= 0.3 is 0 Å². The van der Waals surface area contributed by atoms with Crippen LogP contribution in [0, 0.1) is 13.8 Å². The first-order chi connectivity index (χ1) is 12.5. The first-order valence-electron chi connectivity index (χ1n) is 8.94. The SMILES string of the molecule is CC(=O)NC1(c2noc(-c3cnc4cc(C)nn4c3C)n2)CCCCC1. The molecule has 3 aromatic heterocycles. The van der Waals surface area contributed by atoms with Crippen LogP contribution in [0.2, 0.25) is 0 Å². The van der Waals surface area contributed by atoms with Crippen molar-refractivity contribution in [3.8, 4) is 11.5 Å². The number of carbonyl (C=O) groups excluding carboxylic acids is 1. The molecule has 0 radical (unpaired) electrons. The van der Waals surface area contributed by atoms with Crippen LogP contribution in [0.15, 0.2) is 16.8 Å². The van der Waals surface area contributed by atoms with Gasteiger partial charge in [0.15, 0.2) is 11.5 Å². The minimum atomic E-state index is -0.542. The monoisotopic (exact) mass is 354 g/mol. The molecule has 26 heavy (non-hydrogen) atoms. The molecule has 1 aliphatic rings. The predicted octanol–water partition coefficient (Wildman–Crippen LogP) is 2.69. The molecule has 8 nitrogen and oxygen atoms in total. The van der Waals surface area contributed by atoms with E-state index >= 15 is 0 Å². The highest BCUT2D eigenvalue weighted by molar-refractivity contribution is 5.74. The van der Waals surface area contributed by atoms with Crippen molar-refractivity contribution in [3.63, 3.8) is 0 Å². The van der Waals surface area contributed by atoms with E-state index in [4.69, 9.17) is 4.52 Å². The Kier molecular flexibility index (Phi) is 3.97. The number of aryl methyl sites for hydroxylation is 2. The molecule has 0 bridgehead atoms. The van der Waals surface area contributed by atoms with E-state index in [0.29, 0.717) is 11.7 Å². The van der Waals surface area contributed by atoms with Gasteiger partial charge in [-0.2, -0.15) is 10.1 Å². The van der Waals surface area contributed by atoms with Gasteiger partial charge in [0.25, 0.3) is 5.89 Å². The van der Waals surface area contributed by atoms with E-state index in [1.165, 1.54) is 6.92 Å². The maximum Gasteiger partial charge on any atom is 0.261 e. The average Bonchev–Trinajstić information content (AvgIpc) is 3.22. The number of amides is 1. The summed E-state index contributed by atoms with van der Waals surface area (Å²) in [5, 5.41) is 11.7. The third-order valence-electron chi connectivity index (χ3n) is 5.05. The standard InChI is InChI=1S/C18H22N6O2/c1-11-9-15-19-10-14(12(2)24(15)22-11)16-20-17(23-26-16)18(21-13(3)25)7-5-4-6-8-18/h9-10H,4-8H2,1-3H3,(H,21,25). The Bertz CT molecular complexity index is 967. The van der Waals surface area contributed by atoms with Gasteiger partial charge in [0.1, 0.15) is 5.54 Å². The number of fused-ring (bicyclic) bond motifs is 1. The lowest BCUT2D eigenvalue weighted by molar-refractivity contribution is -0.121. The molecule has 1 saturated carbocycles.